The zero-order chi connectivity index (χ0) is 21.6. The van der Waals surface area contributed by atoms with Crippen LogP contribution < -0.4 is 0 Å². The molecule has 1 saturated carbocycles. The zero-order valence-corrected chi connectivity index (χ0v) is 17.7. The molecule has 1 aliphatic carbocycles. The van der Waals surface area contributed by atoms with E-state index in [1.54, 1.807) is 21.7 Å². The Hall–Kier alpha value is -2.35. The average Bonchev–Trinajstić information content (AvgIpc) is 3.49. The molecule has 3 aromatic rings. The second-order valence-electron chi connectivity index (χ2n) is 7.48. The van der Waals surface area contributed by atoms with E-state index in [0.29, 0.717) is 27.8 Å². The Balaban J connectivity index is 1.85. The summed E-state index contributed by atoms with van der Waals surface area (Å²) in [6, 6.07) is 7.76. The van der Waals surface area contributed by atoms with Crippen molar-refractivity contribution in [3.05, 3.63) is 64.0 Å². The summed E-state index contributed by atoms with van der Waals surface area (Å²) >= 11 is 3.44. The van der Waals surface area contributed by atoms with E-state index < -0.39 is 17.6 Å². The van der Waals surface area contributed by atoms with Gasteiger partial charge in [-0.3, -0.25) is 4.79 Å². The Labute approximate surface area is 179 Å². The minimum Gasteiger partial charge on any atom is -0.338 e. The van der Waals surface area contributed by atoms with Crippen molar-refractivity contribution in [2.45, 2.75) is 32.5 Å². The van der Waals surface area contributed by atoms with Gasteiger partial charge in [0, 0.05) is 35.1 Å². The smallest absolute Gasteiger partial charge is 0.338 e. The van der Waals surface area contributed by atoms with Crippen molar-refractivity contribution < 1.29 is 22.4 Å². The van der Waals surface area contributed by atoms with Gasteiger partial charge < -0.3 is 9.47 Å². The number of nitrogens with zero attached hydrogens (tertiary/aromatic N) is 2. The number of fused-ring (bicyclic) bond motifs is 1. The fourth-order valence-electron chi connectivity index (χ4n) is 3.62. The number of rotatable bonds is 5. The minimum atomic E-state index is -4.50. The Morgan fingerprint density at radius 3 is 2.57 bits per heavy atom. The van der Waals surface area contributed by atoms with Gasteiger partial charge >= 0.3 is 6.18 Å². The van der Waals surface area contributed by atoms with Crippen LogP contribution in [0.5, 0.6) is 0 Å². The van der Waals surface area contributed by atoms with E-state index in [4.69, 9.17) is 0 Å². The van der Waals surface area contributed by atoms with Gasteiger partial charge in [-0.15, -0.1) is 0 Å². The Morgan fingerprint density at radius 2 is 1.93 bits per heavy atom. The summed E-state index contributed by atoms with van der Waals surface area (Å²) in [5, 5.41) is 0.739. The number of aromatic nitrogens is 1. The second-order valence-corrected chi connectivity index (χ2v) is 8.33. The Morgan fingerprint density at radius 1 is 1.20 bits per heavy atom. The topological polar surface area (TPSA) is 25.2 Å². The lowest BCUT2D eigenvalue weighted by Crippen LogP contribution is -2.32. The number of carbonyl (C=O) groups is 1. The molecule has 0 unspecified atom stereocenters. The minimum absolute atomic E-state index is 0.0325. The van der Waals surface area contributed by atoms with E-state index in [1.165, 1.54) is 18.2 Å². The Bertz CT molecular complexity index is 1120. The lowest BCUT2D eigenvalue weighted by Gasteiger charge is -2.24. The van der Waals surface area contributed by atoms with Crippen LogP contribution in [0.4, 0.5) is 17.6 Å². The molecule has 1 aliphatic rings. The van der Waals surface area contributed by atoms with Crippen molar-refractivity contribution in [1.29, 1.82) is 0 Å². The highest BCUT2D eigenvalue weighted by Crippen LogP contribution is 2.36. The van der Waals surface area contributed by atoms with Gasteiger partial charge in [0.1, 0.15) is 5.82 Å². The molecule has 0 atom stereocenters. The standard InChI is InChI=1S/C22H19BrF4N2O/c1-2-28(21(30)13-3-4-13)11-14-9-15(22(25,26)27)5-8-19(14)29-12-18(23)17-7-6-16(24)10-20(17)29/h5-10,12-13H,2-4,11H2,1H3. The molecule has 2 aromatic carbocycles. The largest absolute Gasteiger partial charge is 0.416 e. The van der Waals surface area contributed by atoms with Crippen molar-refractivity contribution in [2.24, 2.45) is 5.92 Å². The van der Waals surface area contributed by atoms with Gasteiger partial charge in [0.2, 0.25) is 5.91 Å². The van der Waals surface area contributed by atoms with Crippen LogP contribution in [0.25, 0.3) is 16.6 Å². The number of hydrogen-bond donors (Lipinski definition) is 0. The van der Waals surface area contributed by atoms with Crippen molar-refractivity contribution in [1.82, 2.24) is 9.47 Å². The molecule has 0 spiro atoms. The summed E-state index contributed by atoms with van der Waals surface area (Å²) in [7, 11) is 0. The first-order valence-electron chi connectivity index (χ1n) is 9.64. The number of hydrogen-bond acceptors (Lipinski definition) is 1. The van der Waals surface area contributed by atoms with Crippen molar-refractivity contribution in [3.63, 3.8) is 0 Å². The monoisotopic (exact) mass is 482 g/mol. The van der Waals surface area contributed by atoms with Gasteiger partial charge in [-0.2, -0.15) is 13.2 Å². The molecule has 0 bridgehead atoms. The normalized spacial score (nSPS) is 14.3. The van der Waals surface area contributed by atoms with Gasteiger partial charge in [-0.25, -0.2) is 4.39 Å². The molecule has 158 valence electrons. The molecule has 0 radical (unpaired) electrons. The van der Waals surface area contributed by atoms with E-state index in [9.17, 15) is 22.4 Å². The fourth-order valence-corrected chi connectivity index (χ4v) is 4.16. The van der Waals surface area contributed by atoms with Crippen LogP contribution in [0.2, 0.25) is 0 Å². The van der Waals surface area contributed by atoms with E-state index in [1.807, 2.05) is 6.92 Å². The van der Waals surface area contributed by atoms with Crippen LogP contribution >= 0.6 is 15.9 Å². The van der Waals surface area contributed by atoms with Gasteiger partial charge in [0.25, 0.3) is 0 Å². The molecule has 4 rings (SSSR count). The van der Waals surface area contributed by atoms with Crippen LogP contribution in [0, 0.1) is 11.7 Å². The van der Waals surface area contributed by atoms with Crippen molar-refractivity contribution >= 4 is 32.7 Å². The summed E-state index contributed by atoms with van der Waals surface area (Å²) in [6.07, 6.45) is -1.16. The lowest BCUT2D eigenvalue weighted by atomic mass is 10.1. The molecule has 0 aliphatic heterocycles. The summed E-state index contributed by atoms with van der Waals surface area (Å²) in [5.41, 5.74) is 0.581. The first-order valence-corrected chi connectivity index (χ1v) is 10.4. The molecule has 3 nitrogen and oxygen atoms in total. The number of benzene rings is 2. The lowest BCUT2D eigenvalue weighted by molar-refractivity contribution is -0.137. The zero-order valence-electron chi connectivity index (χ0n) is 16.1. The predicted octanol–water partition coefficient (Wildman–Crippen LogP) is 6.31. The maximum absolute atomic E-state index is 13.9. The summed E-state index contributed by atoms with van der Waals surface area (Å²) in [5.74, 6) is -0.512. The quantitative estimate of drug-likeness (QED) is 0.391. The molecular formula is C22H19BrF4N2O. The predicted molar refractivity (Wildman–Crippen MR) is 110 cm³/mol. The molecule has 0 N–H and O–H groups in total. The van der Waals surface area contributed by atoms with Crippen molar-refractivity contribution in [3.8, 4) is 5.69 Å². The number of halogens is 5. The van der Waals surface area contributed by atoms with E-state index in [2.05, 4.69) is 15.9 Å². The van der Waals surface area contributed by atoms with E-state index in [-0.39, 0.29) is 18.4 Å². The summed E-state index contributed by atoms with van der Waals surface area (Å²) < 4.78 is 56.4. The highest BCUT2D eigenvalue weighted by molar-refractivity contribution is 9.10. The van der Waals surface area contributed by atoms with Gasteiger partial charge in [0.05, 0.1) is 16.8 Å². The highest BCUT2D eigenvalue weighted by atomic mass is 79.9. The van der Waals surface area contributed by atoms with Crippen LogP contribution in [-0.2, 0) is 17.5 Å². The summed E-state index contributed by atoms with van der Waals surface area (Å²) in [6.45, 7) is 2.26. The number of alkyl halides is 3. The maximum atomic E-state index is 13.9. The molecule has 8 heteroatoms. The van der Waals surface area contributed by atoms with Crippen molar-refractivity contribution in [2.75, 3.05) is 6.54 Å². The van der Waals surface area contributed by atoms with Crippen LogP contribution in [0.15, 0.2) is 47.1 Å². The molecule has 1 amide bonds. The van der Waals surface area contributed by atoms with Gasteiger partial charge in [0.15, 0.2) is 0 Å². The first kappa shape index (κ1) is 20.9. The Kier molecular flexibility index (Phi) is 5.38. The maximum Gasteiger partial charge on any atom is 0.416 e. The van der Waals surface area contributed by atoms with Crippen LogP contribution in [0.1, 0.15) is 30.9 Å². The van der Waals surface area contributed by atoms with Gasteiger partial charge in [-0.1, -0.05) is 0 Å². The van der Waals surface area contributed by atoms with Gasteiger partial charge in [-0.05, 0) is 77.7 Å². The molecule has 1 aromatic heterocycles. The first-order chi connectivity index (χ1) is 14.2. The van der Waals surface area contributed by atoms with E-state index in [0.717, 1.165) is 30.4 Å². The molecule has 30 heavy (non-hydrogen) atoms. The molecule has 1 fully saturated rings. The molecular weight excluding hydrogens is 464 g/mol. The summed E-state index contributed by atoms with van der Waals surface area (Å²) in [4.78, 5) is 14.2. The molecule has 1 heterocycles. The SMILES string of the molecule is CCN(Cc1cc(C(F)(F)F)ccc1-n1cc(Br)c2ccc(F)cc21)C(=O)C1CC1. The van der Waals surface area contributed by atoms with Crippen LogP contribution in [0.3, 0.4) is 0 Å². The second kappa shape index (κ2) is 7.72. The number of amides is 1. The van der Waals surface area contributed by atoms with Crippen LogP contribution in [-0.4, -0.2) is 21.9 Å². The third-order valence-electron chi connectivity index (χ3n) is 5.37. The highest BCUT2D eigenvalue weighted by Gasteiger charge is 2.34. The molecule has 0 saturated heterocycles. The fraction of sp³-hybridized carbons (Fsp3) is 0.318. The van der Waals surface area contributed by atoms with E-state index >= 15 is 0 Å². The third kappa shape index (κ3) is 3.97. The number of carbonyl (C=O) groups excluding carboxylic acids is 1. The third-order valence-corrected chi connectivity index (χ3v) is 6.00. The average molecular weight is 483 g/mol.